The molecule has 0 saturated carbocycles. The number of aromatic nitrogens is 2. The van der Waals surface area contributed by atoms with Crippen molar-refractivity contribution in [3.05, 3.63) is 22.6 Å². The van der Waals surface area contributed by atoms with Crippen LogP contribution < -0.4 is 5.62 Å². The average molecular weight is 163 g/mol. The molecule has 0 fully saturated rings. The molecule has 0 atom stereocenters. The quantitative estimate of drug-likeness (QED) is 0.607. The van der Waals surface area contributed by atoms with Crippen molar-refractivity contribution in [2.24, 2.45) is 0 Å². The van der Waals surface area contributed by atoms with Crippen molar-refractivity contribution in [2.45, 2.75) is 33.2 Å². The Morgan fingerprint density at radius 1 is 1.42 bits per heavy atom. The minimum absolute atomic E-state index is 0.422. The summed E-state index contributed by atoms with van der Waals surface area (Å²) in [5.74, 6) is 0. The fraction of sp³-hybridized carbons (Fsp3) is 0.556. The van der Waals surface area contributed by atoms with Gasteiger partial charge < -0.3 is 4.57 Å². The van der Waals surface area contributed by atoms with E-state index in [4.69, 9.17) is 5.41 Å². The van der Waals surface area contributed by atoms with Crippen molar-refractivity contribution in [1.82, 2.24) is 9.55 Å². The van der Waals surface area contributed by atoms with Crippen LogP contribution in [0.3, 0.4) is 0 Å². The SMILES string of the molecule is Cc1nc(=N)n2c(c1C)CCC2. The number of rotatable bonds is 0. The first-order chi connectivity index (χ1) is 5.70. The van der Waals surface area contributed by atoms with Crippen molar-refractivity contribution in [3.63, 3.8) is 0 Å². The molecule has 0 aromatic carbocycles. The molecule has 0 radical (unpaired) electrons. The lowest BCUT2D eigenvalue weighted by Gasteiger charge is -2.08. The van der Waals surface area contributed by atoms with Gasteiger partial charge in [-0.25, -0.2) is 4.98 Å². The maximum absolute atomic E-state index is 7.64. The van der Waals surface area contributed by atoms with Gasteiger partial charge in [-0.1, -0.05) is 0 Å². The molecule has 1 aromatic heterocycles. The highest BCUT2D eigenvalue weighted by Crippen LogP contribution is 2.16. The van der Waals surface area contributed by atoms with Crippen LogP contribution in [0.4, 0.5) is 0 Å². The summed E-state index contributed by atoms with van der Waals surface area (Å²) in [7, 11) is 0. The molecule has 1 aromatic rings. The third-order valence-corrected chi connectivity index (χ3v) is 2.63. The van der Waals surface area contributed by atoms with E-state index in [1.54, 1.807) is 0 Å². The first-order valence-corrected chi connectivity index (χ1v) is 4.31. The van der Waals surface area contributed by atoms with E-state index in [1.165, 1.54) is 11.3 Å². The lowest BCUT2D eigenvalue weighted by Crippen LogP contribution is -2.24. The smallest absolute Gasteiger partial charge is 0.222 e. The zero-order chi connectivity index (χ0) is 8.72. The largest absolute Gasteiger partial charge is 0.314 e. The van der Waals surface area contributed by atoms with Gasteiger partial charge in [0, 0.05) is 17.9 Å². The number of nitrogens with zero attached hydrogens (tertiary/aromatic N) is 2. The van der Waals surface area contributed by atoms with Crippen LogP contribution in [-0.2, 0) is 13.0 Å². The van der Waals surface area contributed by atoms with Crippen LogP contribution in [0.15, 0.2) is 0 Å². The molecule has 2 rings (SSSR count). The van der Waals surface area contributed by atoms with Crippen LogP contribution in [0, 0.1) is 19.3 Å². The molecule has 1 aliphatic heterocycles. The van der Waals surface area contributed by atoms with Gasteiger partial charge >= 0.3 is 0 Å². The Morgan fingerprint density at radius 2 is 2.17 bits per heavy atom. The summed E-state index contributed by atoms with van der Waals surface area (Å²) >= 11 is 0. The molecule has 64 valence electrons. The van der Waals surface area contributed by atoms with E-state index in [-0.39, 0.29) is 0 Å². The van der Waals surface area contributed by atoms with Crippen LogP contribution in [0.1, 0.15) is 23.4 Å². The van der Waals surface area contributed by atoms with E-state index in [0.717, 1.165) is 25.1 Å². The normalized spacial score (nSPS) is 14.8. The van der Waals surface area contributed by atoms with E-state index in [2.05, 4.69) is 11.9 Å². The standard InChI is InChI=1S/C9H13N3/c1-6-7(2)11-9(10)12-5-3-4-8(6)12/h10H,3-5H2,1-2H3. The summed E-state index contributed by atoms with van der Waals surface area (Å²) in [5, 5.41) is 7.64. The molecule has 1 N–H and O–H groups in total. The molecular weight excluding hydrogens is 150 g/mol. The minimum Gasteiger partial charge on any atom is -0.314 e. The van der Waals surface area contributed by atoms with Gasteiger partial charge in [0.05, 0.1) is 0 Å². The number of hydrogen-bond donors (Lipinski definition) is 1. The monoisotopic (exact) mass is 163 g/mol. The van der Waals surface area contributed by atoms with Gasteiger partial charge in [0.2, 0.25) is 5.62 Å². The van der Waals surface area contributed by atoms with E-state index in [0.29, 0.717) is 5.62 Å². The number of hydrogen-bond acceptors (Lipinski definition) is 2. The maximum Gasteiger partial charge on any atom is 0.222 e. The van der Waals surface area contributed by atoms with Crippen molar-refractivity contribution < 1.29 is 0 Å². The third-order valence-electron chi connectivity index (χ3n) is 2.63. The van der Waals surface area contributed by atoms with Gasteiger partial charge in [0.1, 0.15) is 0 Å². The summed E-state index contributed by atoms with van der Waals surface area (Å²) in [6.45, 7) is 5.05. The van der Waals surface area contributed by atoms with Crippen LogP contribution in [-0.4, -0.2) is 9.55 Å². The molecule has 3 heteroatoms. The van der Waals surface area contributed by atoms with Gasteiger partial charge in [-0.2, -0.15) is 0 Å². The zero-order valence-electron chi connectivity index (χ0n) is 7.52. The fourth-order valence-corrected chi connectivity index (χ4v) is 1.81. The summed E-state index contributed by atoms with van der Waals surface area (Å²) in [6.07, 6.45) is 2.28. The van der Waals surface area contributed by atoms with Crippen molar-refractivity contribution in [2.75, 3.05) is 0 Å². The van der Waals surface area contributed by atoms with Crippen LogP contribution in [0.25, 0.3) is 0 Å². The van der Waals surface area contributed by atoms with Gasteiger partial charge in [-0.3, -0.25) is 5.41 Å². The predicted molar refractivity (Wildman–Crippen MR) is 45.9 cm³/mol. The van der Waals surface area contributed by atoms with Crippen LogP contribution >= 0.6 is 0 Å². The minimum atomic E-state index is 0.422. The first-order valence-electron chi connectivity index (χ1n) is 4.31. The Kier molecular flexibility index (Phi) is 1.53. The second-order valence-electron chi connectivity index (χ2n) is 3.35. The van der Waals surface area contributed by atoms with Crippen molar-refractivity contribution >= 4 is 0 Å². The summed E-state index contributed by atoms with van der Waals surface area (Å²) in [5.41, 5.74) is 4.01. The molecule has 12 heavy (non-hydrogen) atoms. The molecule has 2 heterocycles. The Labute approximate surface area is 71.6 Å². The maximum atomic E-state index is 7.64. The predicted octanol–water partition coefficient (Wildman–Crippen LogP) is 0.926. The second-order valence-corrected chi connectivity index (χ2v) is 3.35. The molecule has 3 nitrogen and oxygen atoms in total. The molecule has 0 spiro atoms. The van der Waals surface area contributed by atoms with Crippen molar-refractivity contribution in [3.8, 4) is 0 Å². The topological polar surface area (TPSA) is 41.7 Å². The lowest BCUT2D eigenvalue weighted by atomic mass is 10.1. The Hall–Kier alpha value is -1.12. The summed E-state index contributed by atoms with van der Waals surface area (Å²) < 4.78 is 2.02. The number of fused-ring (bicyclic) bond motifs is 1. The van der Waals surface area contributed by atoms with E-state index in [1.807, 2.05) is 11.5 Å². The first kappa shape index (κ1) is 7.53. The fourth-order valence-electron chi connectivity index (χ4n) is 1.81. The number of aryl methyl sites for hydroxylation is 1. The Morgan fingerprint density at radius 3 is 2.92 bits per heavy atom. The zero-order valence-corrected chi connectivity index (χ0v) is 7.52. The molecule has 0 amide bonds. The summed E-state index contributed by atoms with van der Waals surface area (Å²) in [6, 6.07) is 0. The third kappa shape index (κ3) is 0.891. The highest BCUT2D eigenvalue weighted by molar-refractivity contribution is 5.24. The molecule has 0 saturated heterocycles. The average Bonchev–Trinajstić information content (AvgIpc) is 2.48. The lowest BCUT2D eigenvalue weighted by molar-refractivity contribution is 0.663. The Bertz CT molecular complexity index is 376. The van der Waals surface area contributed by atoms with Gasteiger partial charge in [0.15, 0.2) is 0 Å². The second kappa shape index (κ2) is 2.44. The molecule has 0 unspecified atom stereocenters. The highest BCUT2D eigenvalue weighted by Gasteiger charge is 2.14. The van der Waals surface area contributed by atoms with Crippen molar-refractivity contribution in [1.29, 1.82) is 5.41 Å². The molecule has 1 aliphatic rings. The summed E-state index contributed by atoms with van der Waals surface area (Å²) in [4.78, 5) is 4.17. The van der Waals surface area contributed by atoms with E-state index < -0.39 is 0 Å². The van der Waals surface area contributed by atoms with Crippen LogP contribution in [0.5, 0.6) is 0 Å². The molecule has 0 bridgehead atoms. The van der Waals surface area contributed by atoms with Crippen LogP contribution in [0.2, 0.25) is 0 Å². The van der Waals surface area contributed by atoms with E-state index >= 15 is 0 Å². The molecule has 0 aliphatic carbocycles. The van der Waals surface area contributed by atoms with E-state index in [9.17, 15) is 0 Å². The molecular formula is C9H13N3. The van der Waals surface area contributed by atoms with Gasteiger partial charge in [-0.05, 0) is 32.3 Å². The Balaban J connectivity index is 2.78. The highest BCUT2D eigenvalue weighted by atomic mass is 15.1. The van der Waals surface area contributed by atoms with Gasteiger partial charge in [0.25, 0.3) is 0 Å². The van der Waals surface area contributed by atoms with Gasteiger partial charge in [-0.15, -0.1) is 0 Å². The number of nitrogens with one attached hydrogen (secondary N) is 1.